The molecule has 0 aromatic rings. The molecule has 1 heterocycles. The van der Waals surface area contributed by atoms with Gasteiger partial charge in [0.1, 0.15) is 0 Å². The first-order chi connectivity index (χ1) is 10.3. The predicted molar refractivity (Wildman–Crippen MR) is 91.1 cm³/mol. The number of ether oxygens (including phenoxy) is 1. The Labute approximate surface area is 142 Å². The standard InChI is InChI=1S/C14H26N2O5SSi/c1-9(21-23(5,6)14(2,3)4)10-7-16(12(10)18)22-11(17)8-20-13(15)19/h9-10H,7-8H2,1-6H3,(H2,15,19)/t9-,10+/m1/s1. The van der Waals surface area contributed by atoms with E-state index in [2.05, 4.69) is 38.6 Å². The van der Waals surface area contributed by atoms with Crippen molar-refractivity contribution in [2.45, 2.75) is 51.9 Å². The van der Waals surface area contributed by atoms with E-state index in [1.807, 2.05) is 6.92 Å². The largest absolute Gasteiger partial charge is 0.441 e. The number of hydrogen-bond acceptors (Lipinski definition) is 6. The average molecular weight is 363 g/mol. The summed E-state index contributed by atoms with van der Waals surface area (Å²) in [4.78, 5) is 34.2. The van der Waals surface area contributed by atoms with Gasteiger partial charge in [-0.2, -0.15) is 0 Å². The minimum atomic E-state index is -1.94. The Kier molecular flexibility index (Phi) is 6.28. The molecule has 0 aromatic carbocycles. The summed E-state index contributed by atoms with van der Waals surface area (Å²) in [6.45, 7) is 12.6. The van der Waals surface area contributed by atoms with Crippen LogP contribution in [-0.4, -0.2) is 49.0 Å². The van der Waals surface area contributed by atoms with Crippen LogP contribution in [0.2, 0.25) is 18.1 Å². The Balaban J connectivity index is 2.47. The van der Waals surface area contributed by atoms with E-state index in [-0.39, 0.29) is 23.0 Å². The highest BCUT2D eigenvalue weighted by atomic mass is 32.2. The zero-order chi connectivity index (χ0) is 18.0. The SMILES string of the molecule is C[C@@H](O[Si](C)(C)C(C)(C)C)[C@@H]1CN(SC(=O)COC(N)=O)C1=O. The van der Waals surface area contributed by atoms with Gasteiger partial charge in [0.25, 0.3) is 0 Å². The molecule has 132 valence electrons. The van der Waals surface area contributed by atoms with Gasteiger partial charge in [-0.1, -0.05) is 20.8 Å². The first kappa shape index (κ1) is 20.0. The second-order valence-corrected chi connectivity index (χ2v) is 13.0. The van der Waals surface area contributed by atoms with Crippen molar-refractivity contribution in [3.8, 4) is 0 Å². The molecular formula is C14H26N2O5SSi. The monoisotopic (exact) mass is 362 g/mol. The Bertz CT molecular complexity index is 492. The summed E-state index contributed by atoms with van der Waals surface area (Å²) >= 11 is 0.749. The number of nitrogens with zero attached hydrogens (tertiary/aromatic N) is 1. The van der Waals surface area contributed by atoms with Crippen molar-refractivity contribution in [2.75, 3.05) is 13.2 Å². The first-order valence-corrected chi connectivity index (χ1v) is 11.2. The lowest BCUT2D eigenvalue weighted by Gasteiger charge is -2.44. The predicted octanol–water partition coefficient (Wildman–Crippen LogP) is 2.13. The third-order valence-electron chi connectivity index (χ3n) is 4.32. The number of carbonyl (C=O) groups is 3. The van der Waals surface area contributed by atoms with Gasteiger partial charge in [-0.3, -0.25) is 13.9 Å². The van der Waals surface area contributed by atoms with Crippen LogP contribution < -0.4 is 5.73 Å². The van der Waals surface area contributed by atoms with Gasteiger partial charge in [0.2, 0.25) is 11.0 Å². The molecule has 0 aliphatic carbocycles. The molecule has 1 aliphatic heterocycles. The molecule has 23 heavy (non-hydrogen) atoms. The van der Waals surface area contributed by atoms with Crippen molar-refractivity contribution in [1.82, 2.24) is 4.31 Å². The molecule has 0 radical (unpaired) electrons. The van der Waals surface area contributed by atoms with E-state index < -0.39 is 26.1 Å². The molecule has 0 spiro atoms. The lowest BCUT2D eigenvalue weighted by atomic mass is 9.96. The van der Waals surface area contributed by atoms with Crippen molar-refractivity contribution in [2.24, 2.45) is 11.7 Å². The van der Waals surface area contributed by atoms with Crippen LogP contribution >= 0.6 is 11.9 Å². The number of nitrogens with two attached hydrogens (primary N) is 1. The number of β-lactam (4-membered cyclic amide) rings is 1. The molecule has 2 N–H and O–H groups in total. The molecule has 0 aromatic heterocycles. The number of carbonyl (C=O) groups excluding carboxylic acids is 3. The van der Waals surface area contributed by atoms with Gasteiger partial charge >= 0.3 is 6.09 Å². The van der Waals surface area contributed by atoms with Crippen molar-refractivity contribution in [3.63, 3.8) is 0 Å². The topological polar surface area (TPSA) is 98.9 Å². The lowest BCUT2D eigenvalue weighted by molar-refractivity contribution is -0.144. The molecule has 0 saturated carbocycles. The van der Waals surface area contributed by atoms with Gasteiger partial charge in [-0.05, 0) is 25.1 Å². The highest BCUT2D eigenvalue weighted by Gasteiger charge is 2.46. The number of hydrogen-bond donors (Lipinski definition) is 1. The van der Waals surface area contributed by atoms with Crippen LogP contribution in [0.4, 0.5) is 4.79 Å². The molecule has 1 fully saturated rings. The quantitative estimate of drug-likeness (QED) is 0.441. The van der Waals surface area contributed by atoms with E-state index in [9.17, 15) is 14.4 Å². The molecule has 1 aliphatic rings. The second-order valence-electron chi connectivity index (χ2n) is 7.16. The van der Waals surface area contributed by atoms with Crippen molar-refractivity contribution < 1.29 is 23.5 Å². The maximum Gasteiger partial charge on any atom is 0.404 e. The Morgan fingerprint density at radius 2 is 2.00 bits per heavy atom. The molecule has 0 bridgehead atoms. The summed E-state index contributed by atoms with van der Waals surface area (Å²) in [5.41, 5.74) is 4.79. The molecule has 0 unspecified atom stereocenters. The Morgan fingerprint density at radius 3 is 2.43 bits per heavy atom. The van der Waals surface area contributed by atoms with Crippen molar-refractivity contribution in [3.05, 3.63) is 0 Å². The molecule has 1 saturated heterocycles. The van der Waals surface area contributed by atoms with Gasteiger partial charge in [-0.15, -0.1) is 0 Å². The minimum Gasteiger partial charge on any atom is -0.441 e. The zero-order valence-corrected chi connectivity index (χ0v) is 16.4. The Hall–Kier alpha value is -1.06. The van der Waals surface area contributed by atoms with E-state index in [1.165, 1.54) is 4.31 Å². The first-order valence-electron chi connectivity index (χ1n) is 7.47. The number of amides is 2. The highest BCUT2D eigenvalue weighted by molar-refractivity contribution is 8.12. The number of rotatable bonds is 6. The summed E-state index contributed by atoms with van der Waals surface area (Å²) in [5.74, 6) is -0.366. The van der Waals surface area contributed by atoms with Crippen molar-refractivity contribution >= 4 is 37.4 Å². The zero-order valence-electron chi connectivity index (χ0n) is 14.5. The average Bonchev–Trinajstić information content (AvgIpc) is 2.38. The third kappa shape index (κ3) is 5.22. The minimum absolute atomic E-state index is 0.0740. The van der Waals surface area contributed by atoms with Crippen LogP contribution in [0.3, 0.4) is 0 Å². The molecule has 9 heteroatoms. The maximum atomic E-state index is 12.2. The summed E-state index contributed by atoms with van der Waals surface area (Å²) in [7, 11) is -1.94. The van der Waals surface area contributed by atoms with Gasteiger partial charge in [0.05, 0.1) is 12.0 Å². The van der Waals surface area contributed by atoms with E-state index in [0.717, 1.165) is 11.9 Å². The van der Waals surface area contributed by atoms with Gasteiger partial charge in [0.15, 0.2) is 14.9 Å². The summed E-state index contributed by atoms with van der Waals surface area (Å²) < 4.78 is 12.0. The van der Waals surface area contributed by atoms with E-state index >= 15 is 0 Å². The van der Waals surface area contributed by atoms with Crippen LogP contribution in [0.15, 0.2) is 0 Å². The lowest BCUT2D eigenvalue weighted by Crippen LogP contribution is -2.56. The third-order valence-corrected chi connectivity index (χ3v) is 9.77. The molecule has 2 atom stereocenters. The fourth-order valence-electron chi connectivity index (χ4n) is 1.85. The smallest absolute Gasteiger partial charge is 0.404 e. The van der Waals surface area contributed by atoms with Gasteiger partial charge in [-0.25, -0.2) is 4.79 Å². The van der Waals surface area contributed by atoms with Gasteiger partial charge in [0, 0.05) is 18.5 Å². The molecule has 2 amide bonds. The van der Waals surface area contributed by atoms with Crippen LogP contribution in [0.25, 0.3) is 0 Å². The Morgan fingerprint density at radius 1 is 1.43 bits per heavy atom. The van der Waals surface area contributed by atoms with Crippen LogP contribution in [0.5, 0.6) is 0 Å². The maximum absolute atomic E-state index is 12.2. The highest BCUT2D eigenvalue weighted by Crippen LogP contribution is 2.39. The fraction of sp³-hybridized carbons (Fsp3) is 0.786. The normalized spacial score (nSPS) is 20.0. The summed E-state index contributed by atoms with van der Waals surface area (Å²) in [6.07, 6.45) is -1.19. The van der Waals surface area contributed by atoms with E-state index in [0.29, 0.717) is 6.54 Å². The van der Waals surface area contributed by atoms with E-state index in [4.69, 9.17) is 10.2 Å². The van der Waals surface area contributed by atoms with Crippen LogP contribution in [0, 0.1) is 5.92 Å². The molecule has 1 rings (SSSR count). The number of primary amides is 1. The molecule has 7 nitrogen and oxygen atoms in total. The summed E-state index contributed by atoms with van der Waals surface area (Å²) in [6, 6.07) is 0. The van der Waals surface area contributed by atoms with Crippen molar-refractivity contribution in [1.29, 1.82) is 0 Å². The fourth-order valence-corrected chi connectivity index (χ4v) is 4.12. The van der Waals surface area contributed by atoms with Gasteiger partial charge < -0.3 is 14.9 Å². The summed E-state index contributed by atoms with van der Waals surface area (Å²) in [5, 5.41) is -0.363. The molecular weight excluding hydrogens is 336 g/mol. The van der Waals surface area contributed by atoms with E-state index in [1.54, 1.807) is 0 Å². The second kappa shape index (κ2) is 7.23. The van der Waals surface area contributed by atoms with Crippen LogP contribution in [-0.2, 0) is 18.8 Å². The van der Waals surface area contributed by atoms with Crippen LogP contribution in [0.1, 0.15) is 27.7 Å².